The zero-order chi connectivity index (χ0) is 13.7. The molecule has 2 rings (SSSR count). The normalized spacial score (nSPS) is 10.9. The zero-order valence-corrected chi connectivity index (χ0v) is 12.0. The quantitative estimate of drug-likeness (QED) is 0.856. The molecule has 19 heavy (non-hydrogen) atoms. The predicted octanol–water partition coefficient (Wildman–Crippen LogP) is 3.77. The Balaban J connectivity index is 2.43. The number of ether oxygens (including phenoxy) is 1. The van der Waals surface area contributed by atoms with Crippen molar-refractivity contribution in [2.45, 2.75) is 32.8 Å². The summed E-state index contributed by atoms with van der Waals surface area (Å²) in [5, 5.41) is 4.45. The van der Waals surface area contributed by atoms with Gasteiger partial charge in [0.25, 0.3) is 0 Å². The molecule has 0 fully saturated rings. The Hall–Kier alpha value is -1.61. The molecule has 1 aromatic heterocycles. The number of fused-ring (bicyclic) bond motifs is 1. The lowest BCUT2D eigenvalue weighted by molar-refractivity contribution is 0.182. The van der Waals surface area contributed by atoms with Gasteiger partial charge in [-0.05, 0) is 36.6 Å². The molecule has 2 aromatic rings. The van der Waals surface area contributed by atoms with E-state index in [0.717, 1.165) is 23.3 Å². The third-order valence-corrected chi connectivity index (χ3v) is 3.31. The van der Waals surface area contributed by atoms with Crippen LogP contribution in [0.15, 0.2) is 24.3 Å². The number of benzene rings is 1. The van der Waals surface area contributed by atoms with Gasteiger partial charge in [0.2, 0.25) is 0 Å². The van der Waals surface area contributed by atoms with Gasteiger partial charge in [0.05, 0.1) is 17.8 Å². The molecule has 1 aromatic carbocycles. The largest absolute Gasteiger partial charge is 0.388 e. The number of methoxy groups -OCH3 is 1. The first-order valence-corrected chi connectivity index (χ1v) is 6.87. The number of nitrogens with zero attached hydrogens (tertiary/aromatic N) is 1. The summed E-state index contributed by atoms with van der Waals surface area (Å²) in [5.74, 6) is 0. The highest BCUT2D eigenvalue weighted by Crippen LogP contribution is 2.25. The summed E-state index contributed by atoms with van der Waals surface area (Å²) in [4.78, 5) is 4.63. The Labute approximate surface area is 115 Å². The summed E-state index contributed by atoms with van der Waals surface area (Å²) >= 11 is 0. The van der Waals surface area contributed by atoms with Gasteiger partial charge in [-0.25, -0.2) is 0 Å². The van der Waals surface area contributed by atoms with Gasteiger partial charge in [0.15, 0.2) is 0 Å². The molecule has 0 atom stereocenters. The average molecular weight is 258 g/mol. The Morgan fingerprint density at radius 2 is 2.11 bits per heavy atom. The molecular formula is C16H22N2O. The maximum atomic E-state index is 5.16. The summed E-state index contributed by atoms with van der Waals surface area (Å²) in [5.41, 5.74) is 4.49. The van der Waals surface area contributed by atoms with Gasteiger partial charge in [-0.3, -0.25) is 4.98 Å². The van der Waals surface area contributed by atoms with Crippen molar-refractivity contribution in [1.29, 1.82) is 0 Å². The molecule has 102 valence electrons. The second-order valence-corrected chi connectivity index (χ2v) is 4.80. The van der Waals surface area contributed by atoms with Crippen molar-refractivity contribution in [2.24, 2.45) is 0 Å². The van der Waals surface area contributed by atoms with Crippen molar-refractivity contribution in [3.63, 3.8) is 0 Å². The highest BCUT2D eigenvalue weighted by Gasteiger charge is 2.06. The van der Waals surface area contributed by atoms with Gasteiger partial charge >= 0.3 is 0 Å². The van der Waals surface area contributed by atoms with Gasteiger partial charge in [0.1, 0.15) is 0 Å². The lowest BCUT2D eigenvalue weighted by Crippen LogP contribution is -1.98. The number of anilines is 1. The Bertz CT molecular complexity index is 552. The minimum Gasteiger partial charge on any atom is -0.388 e. The van der Waals surface area contributed by atoms with Crippen LogP contribution < -0.4 is 5.32 Å². The molecule has 0 aliphatic carbocycles. The van der Waals surface area contributed by atoms with E-state index in [2.05, 4.69) is 41.5 Å². The molecule has 0 spiro atoms. The minimum atomic E-state index is 0.544. The fraction of sp³-hybridized carbons (Fsp3) is 0.438. The molecule has 0 aliphatic rings. The molecule has 0 aliphatic heterocycles. The van der Waals surface area contributed by atoms with Crippen molar-refractivity contribution >= 4 is 16.6 Å². The van der Waals surface area contributed by atoms with Crippen LogP contribution in [-0.4, -0.2) is 19.1 Å². The van der Waals surface area contributed by atoms with Crippen molar-refractivity contribution < 1.29 is 4.74 Å². The van der Waals surface area contributed by atoms with Crippen molar-refractivity contribution in [2.75, 3.05) is 19.5 Å². The van der Waals surface area contributed by atoms with Crippen molar-refractivity contribution in [1.82, 2.24) is 4.98 Å². The van der Waals surface area contributed by atoms with Crippen LogP contribution in [0.2, 0.25) is 0 Å². The van der Waals surface area contributed by atoms with E-state index in [4.69, 9.17) is 4.74 Å². The maximum Gasteiger partial charge on any atom is 0.0885 e. The third kappa shape index (κ3) is 3.24. The third-order valence-electron chi connectivity index (χ3n) is 3.31. The summed E-state index contributed by atoms with van der Waals surface area (Å²) in [6.45, 7) is 2.76. The Kier molecular flexibility index (Phi) is 4.74. The van der Waals surface area contributed by atoms with Crippen LogP contribution in [0, 0.1) is 0 Å². The molecule has 0 saturated heterocycles. The number of pyridine rings is 1. The van der Waals surface area contributed by atoms with Crippen LogP contribution >= 0.6 is 0 Å². The predicted molar refractivity (Wildman–Crippen MR) is 80.6 cm³/mol. The highest BCUT2D eigenvalue weighted by molar-refractivity contribution is 5.91. The summed E-state index contributed by atoms with van der Waals surface area (Å²) < 4.78 is 5.16. The van der Waals surface area contributed by atoms with E-state index in [0.29, 0.717) is 6.61 Å². The van der Waals surface area contributed by atoms with Crippen LogP contribution in [0.5, 0.6) is 0 Å². The second kappa shape index (κ2) is 6.53. The fourth-order valence-electron chi connectivity index (χ4n) is 2.29. The van der Waals surface area contributed by atoms with Crippen LogP contribution in [0.3, 0.4) is 0 Å². The number of hydrogen-bond acceptors (Lipinski definition) is 3. The van der Waals surface area contributed by atoms with E-state index in [-0.39, 0.29) is 0 Å². The fourth-order valence-corrected chi connectivity index (χ4v) is 2.29. The maximum absolute atomic E-state index is 5.16. The van der Waals surface area contributed by atoms with E-state index in [1.165, 1.54) is 23.8 Å². The van der Waals surface area contributed by atoms with E-state index >= 15 is 0 Å². The topological polar surface area (TPSA) is 34.1 Å². The second-order valence-electron chi connectivity index (χ2n) is 4.80. The van der Waals surface area contributed by atoms with Gasteiger partial charge in [-0.1, -0.05) is 19.4 Å². The summed E-state index contributed by atoms with van der Waals surface area (Å²) in [7, 11) is 3.64. The van der Waals surface area contributed by atoms with Crippen LogP contribution in [-0.2, 0) is 17.8 Å². The van der Waals surface area contributed by atoms with Gasteiger partial charge in [-0.15, -0.1) is 0 Å². The molecule has 0 saturated carbocycles. The monoisotopic (exact) mass is 258 g/mol. The van der Waals surface area contributed by atoms with E-state index in [1.807, 2.05) is 7.05 Å². The molecule has 3 heteroatoms. The number of hydrogen-bond donors (Lipinski definition) is 1. The van der Waals surface area contributed by atoms with Gasteiger partial charge in [-0.2, -0.15) is 0 Å². The first-order chi connectivity index (χ1) is 9.28. The van der Waals surface area contributed by atoms with E-state index in [9.17, 15) is 0 Å². The van der Waals surface area contributed by atoms with E-state index < -0.39 is 0 Å². The van der Waals surface area contributed by atoms with Crippen LogP contribution in [0.4, 0.5) is 5.69 Å². The number of aryl methyl sites for hydroxylation is 1. The van der Waals surface area contributed by atoms with Crippen molar-refractivity contribution in [3.05, 3.63) is 35.5 Å². The smallest absolute Gasteiger partial charge is 0.0885 e. The number of nitrogens with one attached hydrogen (secondary N) is 1. The lowest BCUT2D eigenvalue weighted by atomic mass is 10.0. The molecular weight excluding hydrogens is 236 g/mol. The standard InChI is InChI=1S/C16H22N2O/c1-4-5-6-12-7-8-15-14(9-12)16(17-2)10-13(18-15)11-19-3/h7-10H,4-6,11H2,1-3H3,(H,17,18). The summed E-state index contributed by atoms with van der Waals surface area (Å²) in [6, 6.07) is 8.61. The van der Waals surface area contributed by atoms with Crippen LogP contribution in [0.25, 0.3) is 10.9 Å². The molecule has 0 bridgehead atoms. The molecule has 3 nitrogen and oxygen atoms in total. The van der Waals surface area contributed by atoms with Gasteiger partial charge in [0, 0.05) is 25.2 Å². The number of unbranched alkanes of at least 4 members (excludes halogenated alkanes) is 1. The average Bonchev–Trinajstić information content (AvgIpc) is 2.44. The number of aromatic nitrogens is 1. The van der Waals surface area contributed by atoms with Crippen molar-refractivity contribution in [3.8, 4) is 0 Å². The molecule has 0 amide bonds. The molecule has 0 radical (unpaired) electrons. The Morgan fingerprint density at radius 1 is 1.26 bits per heavy atom. The zero-order valence-electron chi connectivity index (χ0n) is 12.0. The van der Waals surface area contributed by atoms with Crippen LogP contribution in [0.1, 0.15) is 31.0 Å². The first-order valence-electron chi connectivity index (χ1n) is 6.87. The summed E-state index contributed by atoms with van der Waals surface area (Å²) in [6.07, 6.45) is 3.59. The molecule has 0 unspecified atom stereocenters. The Morgan fingerprint density at radius 3 is 2.79 bits per heavy atom. The minimum absolute atomic E-state index is 0.544. The first kappa shape index (κ1) is 13.8. The molecule has 1 N–H and O–H groups in total. The number of rotatable bonds is 6. The van der Waals surface area contributed by atoms with Gasteiger partial charge < -0.3 is 10.1 Å². The van der Waals surface area contributed by atoms with E-state index in [1.54, 1.807) is 7.11 Å². The lowest BCUT2D eigenvalue weighted by Gasteiger charge is -2.10. The SMILES string of the molecule is CCCCc1ccc2nc(COC)cc(NC)c2c1. The highest BCUT2D eigenvalue weighted by atomic mass is 16.5. The molecule has 1 heterocycles.